The first-order valence-electron chi connectivity index (χ1n) is 8.13. The Bertz CT molecular complexity index is 887. The quantitative estimate of drug-likeness (QED) is 0.472. The molecule has 0 aliphatic carbocycles. The molecule has 0 aliphatic rings. The number of hydrogen-bond donors (Lipinski definition) is 1. The van der Waals surface area contributed by atoms with Crippen LogP contribution in [0.4, 0.5) is 14.6 Å². The van der Waals surface area contributed by atoms with Gasteiger partial charge >= 0.3 is 0 Å². The maximum atomic E-state index is 13.5. The van der Waals surface area contributed by atoms with Gasteiger partial charge in [-0.25, -0.2) is 23.7 Å². The van der Waals surface area contributed by atoms with Crippen molar-refractivity contribution in [3.63, 3.8) is 0 Å². The van der Waals surface area contributed by atoms with E-state index in [4.69, 9.17) is 5.73 Å². The number of hydrogen-bond acceptors (Lipinski definition) is 6. The molecule has 0 unspecified atom stereocenters. The average Bonchev–Trinajstić information content (AvgIpc) is 2.95. The SMILES string of the molecule is CCCc1sc(-c2cc(F)cc(F)c2)nc1CSc1nc(C)cc(N)n1. The Morgan fingerprint density at radius 2 is 1.81 bits per heavy atom. The molecule has 0 spiro atoms. The molecule has 3 aromatic rings. The highest BCUT2D eigenvalue weighted by atomic mass is 32.2. The van der Waals surface area contributed by atoms with E-state index in [1.807, 2.05) is 6.92 Å². The number of nitrogens with zero attached hydrogens (tertiary/aromatic N) is 3. The van der Waals surface area contributed by atoms with Gasteiger partial charge < -0.3 is 5.73 Å². The van der Waals surface area contributed by atoms with Crippen molar-refractivity contribution in [2.24, 2.45) is 0 Å². The minimum atomic E-state index is -0.605. The molecule has 0 saturated heterocycles. The van der Waals surface area contributed by atoms with Gasteiger partial charge in [0.2, 0.25) is 0 Å². The Hall–Kier alpha value is -2.06. The topological polar surface area (TPSA) is 64.7 Å². The first-order chi connectivity index (χ1) is 12.4. The third-order valence-electron chi connectivity index (χ3n) is 3.56. The normalized spacial score (nSPS) is 11.1. The van der Waals surface area contributed by atoms with Crippen LogP contribution < -0.4 is 5.73 Å². The van der Waals surface area contributed by atoms with Crippen molar-refractivity contribution in [1.29, 1.82) is 0 Å². The van der Waals surface area contributed by atoms with E-state index in [-0.39, 0.29) is 0 Å². The summed E-state index contributed by atoms with van der Waals surface area (Å²) in [6.07, 6.45) is 1.83. The number of aromatic nitrogens is 3. The minimum absolute atomic E-state index is 0.433. The van der Waals surface area contributed by atoms with Gasteiger partial charge in [-0.15, -0.1) is 11.3 Å². The molecular formula is C18H18F2N4S2. The first-order valence-corrected chi connectivity index (χ1v) is 9.94. The van der Waals surface area contributed by atoms with Crippen LogP contribution in [0.15, 0.2) is 29.4 Å². The second kappa shape index (κ2) is 8.09. The molecule has 0 fully saturated rings. The zero-order valence-corrected chi connectivity index (χ0v) is 16.1. The maximum Gasteiger partial charge on any atom is 0.190 e. The molecule has 8 heteroatoms. The lowest BCUT2D eigenvalue weighted by Crippen LogP contribution is -1.97. The molecule has 1 aromatic carbocycles. The number of nitrogen functional groups attached to an aromatic ring is 1. The zero-order valence-electron chi connectivity index (χ0n) is 14.4. The van der Waals surface area contributed by atoms with Crippen LogP contribution in [-0.2, 0) is 12.2 Å². The molecule has 2 aromatic heterocycles. The van der Waals surface area contributed by atoms with Gasteiger partial charge in [-0.05, 0) is 25.5 Å². The van der Waals surface area contributed by atoms with E-state index in [0.29, 0.717) is 27.3 Å². The summed E-state index contributed by atoms with van der Waals surface area (Å²) < 4.78 is 27.0. The average molecular weight is 393 g/mol. The van der Waals surface area contributed by atoms with E-state index in [1.165, 1.54) is 35.2 Å². The highest BCUT2D eigenvalue weighted by Gasteiger charge is 2.15. The van der Waals surface area contributed by atoms with Gasteiger partial charge in [-0.1, -0.05) is 25.1 Å². The van der Waals surface area contributed by atoms with Crippen LogP contribution in [0.25, 0.3) is 10.6 Å². The highest BCUT2D eigenvalue weighted by Crippen LogP contribution is 2.33. The van der Waals surface area contributed by atoms with Gasteiger partial charge in [0.1, 0.15) is 22.5 Å². The molecule has 4 nitrogen and oxygen atoms in total. The number of thioether (sulfide) groups is 1. The second-order valence-electron chi connectivity index (χ2n) is 5.80. The predicted molar refractivity (Wildman–Crippen MR) is 102 cm³/mol. The molecule has 0 aliphatic heterocycles. The summed E-state index contributed by atoms with van der Waals surface area (Å²) in [5, 5.41) is 1.21. The molecule has 0 atom stereocenters. The number of aryl methyl sites for hydroxylation is 2. The predicted octanol–water partition coefficient (Wildman–Crippen LogP) is 5.01. The number of benzene rings is 1. The number of halogens is 2. The molecule has 0 bridgehead atoms. The minimum Gasteiger partial charge on any atom is -0.384 e. The van der Waals surface area contributed by atoms with Gasteiger partial charge in [-0.2, -0.15) is 0 Å². The Kier molecular flexibility index (Phi) is 5.83. The Balaban J connectivity index is 1.87. The molecular weight excluding hydrogens is 374 g/mol. The van der Waals surface area contributed by atoms with Crippen LogP contribution >= 0.6 is 23.1 Å². The number of nitrogens with two attached hydrogens (primary N) is 1. The molecule has 0 saturated carbocycles. The van der Waals surface area contributed by atoms with Crippen LogP contribution in [0.5, 0.6) is 0 Å². The van der Waals surface area contributed by atoms with Crippen molar-refractivity contribution in [2.45, 2.75) is 37.6 Å². The first kappa shape index (κ1) is 18.7. The monoisotopic (exact) mass is 392 g/mol. The van der Waals surface area contributed by atoms with Crippen LogP contribution in [0, 0.1) is 18.6 Å². The van der Waals surface area contributed by atoms with Crippen molar-refractivity contribution in [1.82, 2.24) is 15.0 Å². The van der Waals surface area contributed by atoms with Crippen LogP contribution in [0.2, 0.25) is 0 Å². The number of anilines is 1. The fourth-order valence-corrected chi connectivity index (χ4v) is 4.62. The number of thiazole rings is 1. The molecule has 0 radical (unpaired) electrons. The lowest BCUT2D eigenvalue weighted by molar-refractivity contribution is 0.584. The molecule has 0 amide bonds. The number of rotatable bonds is 6. The summed E-state index contributed by atoms with van der Waals surface area (Å²) in [6, 6.07) is 5.18. The van der Waals surface area contributed by atoms with Crippen LogP contribution in [0.3, 0.4) is 0 Å². The van der Waals surface area contributed by atoms with E-state index < -0.39 is 11.6 Å². The molecule has 3 rings (SSSR count). The third kappa shape index (κ3) is 4.56. The van der Waals surface area contributed by atoms with Crippen LogP contribution in [-0.4, -0.2) is 15.0 Å². The van der Waals surface area contributed by atoms with Crippen molar-refractivity contribution in [3.8, 4) is 10.6 Å². The largest absolute Gasteiger partial charge is 0.384 e. The smallest absolute Gasteiger partial charge is 0.190 e. The van der Waals surface area contributed by atoms with Gasteiger partial charge in [0.15, 0.2) is 5.16 Å². The summed E-state index contributed by atoms with van der Waals surface area (Å²) in [5.41, 5.74) is 7.92. The lowest BCUT2D eigenvalue weighted by Gasteiger charge is -2.03. The molecule has 136 valence electrons. The van der Waals surface area contributed by atoms with E-state index in [9.17, 15) is 8.78 Å². The van der Waals surface area contributed by atoms with Gasteiger partial charge in [0.05, 0.1) is 5.69 Å². The standard InChI is InChI=1S/C18H18F2N4S2/c1-3-4-15-14(9-25-18-22-10(2)5-16(21)24-18)23-17(26-15)11-6-12(19)8-13(20)7-11/h5-8H,3-4,9H2,1-2H3,(H2,21,22,24). The summed E-state index contributed by atoms with van der Waals surface area (Å²) in [4.78, 5) is 14.3. The van der Waals surface area contributed by atoms with Gasteiger partial charge in [0.25, 0.3) is 0 Å². The summed E-state index contributed by atoms with van der Waals surface area (Å²) in [7, 11) is 0. The van der Waals surface area contributed by atoms with Gasteiger partial charge in [0, 0.05) is 34.0 Å². The van der Waals surface area contributed by atoms with E-state index in [2.05, 4.69) is 21.9 Å². The Morgan fingerprint density at radius 1 is 1.08 bits per heavy atom. The maximum absolute atomic E-state index is 13.5. The molecule has 2 heterocycles. The van der Waals surface area contributed by atoms with Crippen molar-refractivity contribution in [3.05, 3.63) is 52.2 Å². The highest BCUT2D eigenvalue weighted by molar-refractivity contribution is 7.98. The fraction of sp³-hybridized carbons (Fsp3) is 0.278. The van der Waals surface area contributed by atoms with E-state index in [0.717, 1.165) is 35.2 Å². The fourth-order valence-electron chi connectivity index (χ4n) is 2.48. The summed E-state index contributed by atoms with van der Waals surface area (Å²) in [6.45, 7) is 3.95. The van der Waals surface area contributed by atoms with Gasteiger partial charge in [-0.3, -0.25) is 0 Å². The lowest BCUT2D eigenvalue weighted by atomic mass is 10.2. The molecule has 2 N–H and O–H groups in total. The Labute approximate surface area is 158 Å². The summed E-state index contributed by atoms with van der Waals surface area (Å²) in [5.74, 6) is -0.200. The summed E-state index contributed by atoms with van der Waals surface area (Å²) >= 11 is 2.92. The molecule has 26 heavy (non-hydrogen) atoms. The van der Waals surface area contributed by atoms with E-state index in [1.54, 1.807) is 6.07 Å². The Morgan fingerprint density at radius 3 is 2.46 bits per heavy atom. The van der Waals surface area contributed by atoms with E-state index >= 15 is 0 Å². The second-order valence-corrected chi connectivity index (χ2v) is 7.83. The van der Waals surface area contributed by atoms with Crippen molar-refractivity contribution in [2.75, 3.05) is 5.73 Å². The van der Waals surface area contributed by atoms with Crippen LogP contribution in [0.1, 0.15) is 29.6 Å². The van der Waals surface area contributed by atoms with Crippen molar-refractivity contribution >= 4 is 28.9 Å². The zero-order chi connectivity index (χ0) is 18.7. The van der Waals surface area contributed by atoms with Crippen molar-refractivity contribution < 1.29 is 8.78 Å². The third-order valence-corrected chi connectivity index (χ3v) is 5.62.